The van der Waals surface area contributed by atoms with Gasteiger partial charge in [-0.15, -0.1) is 0 Å². The molecule has 0 aliphatic rings. The second-order valence-electron chi connectivity index (χ2n) is 3.97. The van der Waals surface area contributed by atoms with Gasteiger partial charge in [0.1, 0.15) is 6.07 Å². The van der Waals surface area contributed by atoms with Crippen LogP contribution in [0.1, 0.15) is 24.1 Å². The fourth-order valence-electron chi connectivity index (χ4n) is 1.69. The van der Waals surface area contributed by atoms with Gasteiger partial charge in [0.2, 0.25) is 0 Å². The van der Waals surface area contributed by atoms with Gasteiger partial charge in [-0.05, 0) is 19.1 Å². The molecule has 1 heterocycles. The lowest BCUT2D eigenvalue weighted by Crippen LogP contribution is -2.06. The molecule has 1 unspecified atom stereocenters. The van der Waals surface area contributed by atoms with Gasteiger partial charge in [0, 0.05) is 18.8 Å². The summed E-state index contributed by atoms with van der Waals surface area (Å²) < 4.78 is 1.77. The summed E-state index contributed by atoms with van der Waals surface area (Å²) in [7, 11) is 1.89. The number of rotatable bonds is 3. The Bertz CT molecular complexity index is 551. The van der Waals surface area contributed by atoms with Crippen molar-refractivity contribution in [3.8, 4) is 6.07 Å². The molecule has 4 heteroatoms. The smallest absolute Gasteiger partial charge is 0.101 e. The van der Waals surface area contributed by atoms with E-state index in [1.807, 2.05) is 44.6 Å². The third-order valence-electron chi connectivity index (χ3n) is 2.64. The van der Waals surface area contributed by atoms with Crippen molar-refractivity contribution in [2.75, 3.05) is 5.32 Å². The van der Waals surface area contributed by atoms with Crippen LogP contribution >= 0.6 is 0 Å². The molecule has 0 radical (unpaired) electrons. The van der Waals surface area contributed by atoms with E-state index < -0.39 is 0 Å². The molecule has 0 aliphatic carbocycles. The van der Waals surface area contributed by atoms with Gasteiger partial charge in [0.15, 0.2) is 0 Å². The van der Waals surface area contributed by atoms with E-state index in [2.05, 4.69) is 16.5 Å². The molecule has 2 aromatic rings. The van der Waals surface area contributed by atoms with Crippen molar-refractivity contribution in [2.24, 2.45) is 7.05 Å². The van der Waals surface area contributed by atoms with Gasteiger partial charge >= 0.3 is 0 Å². The van der Waals surface area contributed by atoms with Crippen molar-refractivity contribution in [1.82, 2.24) is 9.78 Å². The highest BCUT2D eigenvalue weighted by Crippen LogP contribution is 2.21. The minimum absolute atomic E-state index is 0.123. The zero-order valence-electron chi connectivity index (χ0n) is 9.88. The summed E-state index contributed by atoms with van der Waals surface area (Å²) in [5, 5.41) is 16.4. The molecule has 4 nitrogen and oxygen atoms in total. The lowest BCUT2D eigenvalue weighted by molar-refractivity contribution is 0.765. The number of nitrogens with one attached hydrogen (secondary N) is 1. The second kappa shape index (κ2) is 4.71. The Morgan fingerprint density at radius 1 is 1.41 bits per heavy atom. The molecular weight excluding hydrogens is 212 g/mol. The monoisotopic (exact) mass is 226 g/mol. The Morgan fingerprint density at radius 2 is 2.18 bits per heavy atom. The van der Waals surface area contributed by atoms with E-state index >= 15 is 0 Å². The first kappa shape index (κ1) is 11.2. The quantitative estimate of drug-likeness (QED) is 0.874. The van der Waals surface area contributed by atoms with Crippen LogP contribution < -0.4 is 5.32 Å². The molecule has 1 atom stereocenters. The van der Waals surface area contributed by atoms with E-state index in [0.717, 1.165) is 11.3 Å². The molecule has 86 valence electrons. The number of aryl methyl sites for hydroxylation is 1. The minimum Gasteiger partial charge on any atom is -0.377 e. The zero-order valence-corrected chi connectivity index (χ0v) is 9.88. The van der Waals surface area contributed by atoms with Crippen LogP contribution in [0.3, 0.4) is 0 Å². The summed E-state index contributed by atoms with van der Waals surface area (Å²) in [6.45, 7) is 2.05. The maximum atomic E-state index is 9.00. The predicted molar refractivity (Wildman–Crippen MR) is 66.4 cm³/mol. The fourth-order valence-corrected chi connectivity index (χ4v) is 1.69. The molecule has 0 fully saturated rings. The number of nitriles is 1. The summed E-state index contributed by atoms with van der Waals surface area (Å²) in [6.07, 6.45) is 3.79. The van der Waals surface area contributed by atoms with Crippen molar-refractivity contribution in [2.45, 2.75) is 13.0 Å². The minimum atomic E-state index is 0.123. The first-order chi connectivity index (χ1) is 8.20. The Morgan fingerprint density at radius 3 is 2.82 bits per heavy atom. The van der Waals surface area contributed by atoms with Crippen LogP contribution in [-0.4, -0.2) is 9.78 Å². The first-order valence-corrected chi connectivity index (χ1v) is 5.45. The van der Waals surface area contributed by atoms with Crippen LogP contribution in [0, 0.1) is 11.3 Å². The van der Waals surface area contributed by atoms with Crippen molar-refractivity contribution < 1.29 is 0 Å². The summed E-state index contributed by atoms with van der Waals surface area (Å²) in [4.78, 5) is 0. The van der Waals surface area contributed by atoms with Gasteiger partial charge in [0.05, 0.1) is 23.5 Å². The van der Waals surface area contributed by atoms with E-state index in [9.17, 15) is 0 Å². The Kier molecular flexibility index (Phi) is 3.10. The Labute approximate surface area is 100 Å². The van der Waals surface area contributed by atoms with Gasteiger partial charge in [0.25, 0.3) is 0 Å². The van der Waals surface area contributed by atoms with Crippen LogP contribution in [0.25, 0.3) is 0 Å². The number of hydrogen-bond acceptors (Lipinski definition) is 3. The summed E-state index contributed by atoms with van der Waals surface area (Å²) in [6, 6.07) is 9.79. The van der Waals surface area contributed by atoms with Crippen LogP contribution in [0.4, 0.5) is 5.69 Å². The molecule has 0 amide bonds. The molecule has 2 rings (SSSR count). The number of aromatic nitrogens is 2. The van der Waals surface area contributed by atoms with Crippen LogP contribution in [0.15, 0.2) is 36.7 Å². The molecule has 0 aliphatic heterocycles. The molecule has 17 heavy (non-hydrogen) atoms. The van der Waals surface area contributed by atoms with E-state index in [1.54, 1.807) is 10.7 Å². The molecule has 0 saturated heterocycles. The maximum Gasteiger partial charge on any atom is 0.101 e. The highest BCUT2D eigenvalue weighted by atomic mass is 15.2. The van der Waals surface area contributed by atoms with Crippen molar-refractivity contribution in [1.29, 1.82) is 5.26 Å². The van der Waals surface area contributed by atoms with E-state index in [1.165, 1.54) is 0 Å². The molecule has 0 bridgehead atoms. The number of benzene rings is 1. The standard InChI is InChI=1S/C13H14N4/c1-10(12-8-15-17(2)9-12)16-13-6-4-3-5-11(13)7-14/h3-6,8-10,16H,1-2H3. The molecule has 1 aromatic carbocycles. The van der Waals surface area contributed by atoms with E-state index in [-0.39, 0.29) is 6.04 Å². The van der Waals surface area contributed by atoms with Gasteiger partial charge in [-0.1, -0.05) is 12.1 Å². The van der Waals surface area contributed by atoms with Crippen molar-refractivity contribution in [3.63, 3.8) is 0 Å². The molecule has 1 aromatic heterocycles. The lowest BCUT2D eigenvalue weighted by Gasteiger charge is -2.14. The normalized spacial score (nSPS) is 11.8. The van der Waals surface area contributed by atoms with Gasteiger partial charge in [-0.25, -0.2) is 0 Å². The average molecular weight is 226 g/mol. The fraction of sp³-hybridized carbons (Fsp3) is 0.231. The number of hydrogen-bond donors (Lipinski definition) is 1. The summed E-state index contributed by atoms with van der Waals surface area (Å²) >= 11 is 0. The van der Waals surface area contributed by atoms with Crippen LogP contribution in [0.2, 0.25) is 0 Å². The molecule has 0 spiro atoms. The van der Waals surface area contributed by atoms with Crippen LogP contribution in [0.5, 0.6) is 0 Å². The topological polar surface area (TPSA) is 53.6 Å². The van der Waals surface area contributed by atoms with E-state index in [0.29, 0.717) is 5.56 Å². The van der Waals surface area contributed by atoms with Crippen molar-refractivity contribution >= 4 is 5.69 Å². The number of anilines is 1. The van der Waals surface area contributed by atoms with Gasteiger partial charge in [-0.3, -0.25) is 4.68 Å². The van der Waals surface area contributed by atoms with Gasteiger partial charge in [-0.2, -0.15) is 10.4 Å². The van der Waals surface area contributed by atoms with Crippen LogP contribution in [-0.2, 0) is 7.05 Å². The highest BCUT2D eigenvalue weighted by molar-refractivity contribution is 5.58. The highest BCUT2D eigenvalue weighted by Gasteiger charge is 2.09. The summed E-state index contributed by atoms with van der Waals surface area (Å²) in [5.41, 5.74) is 2.61. The molecular formula is C13H14N4. The third kappa shape index (κ3) is 2.45. The predicted octanol–water partition coefficient (Wildman–Crippen LogP) is 2.46. The molecule has 1 N–H and O–H groups in total. The maximum absolute atomic E-state index is 9.00. The first-order valence-electron chi connectivity index (χ1n) is 5.45. The van der Waals surface area contributed by atoms with E-state index in [4.69, 9.17) is 5.26 Å². The molecule has 0 saturated carbocycles. The Balaban J connectivity index is 2.19. The third-order valence-corrected chi connectivity index (χ3v) is 2.64. The van der Waals surface area contributed by atoms with Gasteiger partial charge < -0.3 is 5.32 Å². The Hall–Kier alpha value is -2.28. The number of para-hydroxylation sites is 1. The average Bonchev–Trinajstić information content (AvgIpc) is 2.77. The second-order valence-corrected chi connectivity index (χ2v) is 3.97. The van der Waals surface area contributed by atoms with Crippen molar-refractivity contribution in [3.05, 3.63) is 47.8 Å². The SMILES string of the molecule is CC(Nc1ccccc1C#N)c1cnn(C)c1. The zero-order chi connectivity index (χ0) is 12.3. The lowest BCUT2D eigenvalue weighted by atomic mass is 10.1. The largest absolute Gasteiger partial charge is 0.377 e. The summed E-state index contributed by atoms with van der Waals surface area (Å²) in [5.74, 6) is 0. The number of nitrogens with zero attached hydrogens (tertiary/aromatic N) is 3.